The van der Waals surface area contributed by atoms with Gasteiger partial charge >= 0.3 is 0 Å². The predicted molar refractivity (Wildman–Crippen MR) is 67.1 cm³/mol. The lowest BCUT2D eigenvalue weighted by Crippen LogP contribution is -2.43. The van der Waals surface area contributed by atoms with Crippen LogP contribution in [0.15, 0.2) is 11.4 Å². The highest BCUT2D eigenvalue weighted by Crippen LogP contribution is 2.33. The van der Waals surface area contributed by atoms with Gasteiger partial charge in [0.05, 0.1) is 6.04 Å². The summed E-state index contributed by atoms with van der Waals surface area (Å²) in [6.07, 6.45) is 2.72. The van der Waals surface area contributed by atoms with E-state index in [1.807, 2.05) is 4.90 Å². The molecule has 2 atom stereocenters. The second kappa shape index (κ2) is 4.42. The van der Waals surface area contributed by atoms with Gasteiger partial charge in [-0.15, -0.1) is 11.3 Å². The number of carbonyl (C=O) groups excluding carboxylic acids is 1. The fourth-order valence-electron chi connectivity index (χ4n) is 2.77. The smallest absolute Gasteiger partial charge is 0.252 e. The minimum Gasteiger partial charge on any atom is -0.368 e. The van der Waals surface area contributed by atoms with E-state index in [1.54, 1.807) is 11.3 Å². The molecule has 0 bridgehead atoms. The van der Waals surface area contributed by atoms with Crippen LogP contribution >= 0.6 is 11.3 Å². The van der Waals surface area contributed by atoms with Crippen molar-refractivity contribution in [3.8, 4) is 0 Å². The number of amides is 1. The van der Waals surface area contributed by atoms with Crippen LogP contribution in [0.3, 0.4) is 0 Å². The minimum absolute atomic E-state index is 0.183. The molecule has 1 fully saturated rings. The van der Waals surface area contributed by atoms with Crippen LogP contribution in [0.2, 0.25) is 0 Å². The zero-order chi connectivity index (χ0) is 11.8. The molecular formula is C13H17NO2S. The Morgan fingerprint density at radius 3 is 3.24 bits per heavy atom. The van der Waals surface area contributed by atoms with E-state index in [9.17, 15) is 4.79 Å². The standard InChI is InChI=1S/C13H17NO2S/c1-9-10-5-8-17-12(10)4-6-14(9)13(15)11-3-2-7-16-11/h5,8-9,11H,2-4,6-7H2,1H3. The lowest BCUT2D eigenvalue weighted by Gasteiger charge is -2.35. The van der Waals surface area contributed by atoms with Gasteiger partial charge in [-0.25, -0.2) is 0 Å². The first-order valence-corrected chi connectivity index (χ1v) is 7.13. The van der Waals surface area contributed by atoms with Crippen molar-refractivity contribution in [2.24, 2.45) is 0 Å². The molecule has 0 spiro atoms. The number of carbonyl (C=O) groups is 1. The average Bonchev–Trinajstić information content (AvgIpc) is 3.00. The van der Waals surface area contributed by atoms with Crippen molar-refractivity contribution in [1.29, 1.82) is 0 Å². The molecule has 0 radical (unpaired) electrons. The molecule has 1 saturated heterocycles. The van der Waals surface area contributed by atoms with Crippen molar-refractivity contribution >= 4 is 17.2 Å². The molecule has 92 valence electrons. The molecule has 3 nitrogen and oxygen atoms in total. The van der Waals surface area contributed by atoms with Gasteiger partial charge in [0.25, 0.3) is 5.91 Å². The van der Waals surface area contributed by atoms with Gasteiger partial charge in [0.1, 0.15) is 6.10 Å². The molecule has 3 rings (SSSR count). The quantitative estimate of drug-likeness (QED) is 0.767. The third-order valence-electron chi connectivity index (χ3n) is 3.77. The fourth-order valence-corrected chi connectivity index (χ4v) is 3.73. The van der Waals surface area contributed by atoms with Crippen LogP contribution in [0, 0.1) is 0 Å². The number of hydrogen-bond acceptors (Lipinski definition) is 3. The van der Waals surface area contributed by atoms with Crippen molar-refractivity contribution in [2.45, 2.75) is 38.3 Å². The van der Waals surface area contributed by atoms with Crippen molar-refractivity contribution in [2.75, 3.05) is 13.2 Å². The number of thiophene rings is 1. The lowest BCUT2D eigenvalue weighted by atomic mass is 10.0. The van der Waals surface area contributed by atoms with Gasteiger partial charge in [0.15, 0.2) is 0 Å². The summed E-state index contributed by atoms with van der Waals surface area (Å²) in [6.45, 7) is 3.70. The SMILES string of the molecule is CC1c2ccsc2CCN1C(=O)C1CCCO1. The van der Waals surface area contributed by atoms with Crippen LogP contribution in [0.4, 0.5) is 0 Å². The monoisotopic (exact) mass is 251 g/mol. The molecule has 1 aromatic rings. The van der Waals surface area contributed by atoms with Crippen molar-refractivity contribution in [1.82, 2.24) is 4.90 Å². The van der Waals surface area contributed by atoms with Gasteiger partial charge in [0.2, 0.25) is 0 Å². The lowest BCUT2D eigenvalue weighted by molar-refractivity contribution is -0.143. The summed E-state index contributed by atoms with van der Waals surface area (Å²) in [5.74, 6) is 0.187. The number of hydrogen-bond donors (Lipinski definition) is 0. The highest BCUT2D eigenvalue weighted by molar-refractivity contribution is 7.10. The molecule has 17 heavy (non-hydrogen) atoms. The van der Waals surface area contributed by atoms with Gasteiger partial charge in [-0.3, -0.25) is 4.79 Å². The maximum Gasteiger partial charge on any atom is 0.252 e. The second-order valence-corrected chi connectivity index (χ2v) is 5.76. The summed E-state index contributed by atoms with van der Waals surface area (Å²) in [5.41, 5.74) is 1.33. The summed E-state index contributed by atoms with van der Waals surface area (Å²) < 4.78 is 5.50. The molecule has 0 aromatic carbocycles. The average molecular weight is 251 g/mol. The van der Waals surface area contributed by atoms with E-state index in [4.69, 9.17) is 4.74 Å². The van der Waals surface area contributed by atoms with E-state index in [-0.39, 0.29) is 18.1 Å². The topological polar surface area (TPSA) is 29.5 Å². The molecular weight excluding hydrogens is 234 g/mol. The van der Waals surface area contributed by atoms with E-state index in [1.165, 1.54) is 10.4 Å². The fraction of sp³-hybridized carbons (Fsp3) is 0.615. The van der Waals surface area contributed by atoms with E-state index >= 15 is 0 Å². The normalized spacial score (nSPS) is 28.2. The Morgan fingerprint density at radius 2 is 2.47 bits per heavy atom. The summed E-state index contributed by atoms with van der Waals surface area (Å²) in [4.78, 5) is 15.8. The highest BCUT2D eigenvalue weighted by Gasteiger charge is 2.34. The Labute approximate surface area is 105 Å². The summed E-state index contributed by atoms with van der Waals surface area (Å²) in [6, 6.07) is 2.36. The van der Waals surface area contributed by atoms with E-state index in [0.717, 1.165) is 32.4 Å². The zero-order valence-corrected chi connectivity index (χ0v) is 10.8. The third-order valence-corrected chi connectivity index (χ3v) is 4.76. The number of fused-ring (bicyclic) bond motifs is 1. The van der Waals surface area contributed by atoms with Gasteiger partial charge in [-0.1, -0.05) is 0 Å². The molecule has 2 aliphatic heterocycles. The van der Waals surface area contributed by atoms with Crippen LogP contribution in [-0.4, -0.2) is 30.1 Å². The van der Waals surface area contributed by atoms with E-state index in [2.05, 4.69) is 18.4 Å². The Morgan fingerprint density at radius 1 is 1.59 bits per heavy atom. The van der Waals surface area contributed by atoms with E-state index < -0.39 is 0 Å². The highest BCUT2D eigenvalue weighted by atomic mass is 32.1. The first-order valence-electron chi connectivity index (χ1n) is 6.25. The Kier molecular flexibility index (Phi) is 2.92. The summed E-state index contributed by atoms with van der Waals surface area (Å²) in [7, 11) is 0. The molecule has 0 aliphatic carbocycles. The van der Waals surface area contributed by atoms with Gasteiger partial charge in [-0.2, -0.15) is 0 Å². The van der Waals surface area contributed by atoms with Gasteiger partial charge in [0, 0.05) is 18.0 Å². The minimum atomic E-state index is -0.183. The van der Waals surface area contributed by atoms with Gasteiger partial charge < -0.3 is 9.64 Å². The van der Waals surface area contributed by atoms with Crippen LogP contribution in [-0.2, 0) is 16.0 Å². The van der Waals surface area contributed by atoms with Crippen molar-refractivity contribution in [3.05, 3.63) is 21.9 Å². The van der Waals surface area contributed by atoms with Gasteiger partial charge in [-0.05, 0) is 43.2 Å². The molecule has 2 aliphatic rings. The molecule has 2 unspecified atom stereocenters. The number of ether oxygens (including phenoxy) is 1. The van der Waals surface area contributed by atoms with E-state index in [0.29, 0.717) is 0 Å². The van der Waals surface area contributed by atoms with Crippen molar-refractivity contribution < 1.29 is 9.53 Å². The Hall–Kier alpha value is -0.870. The first kappa shape index (κ1) is 11.2. The van der Waals surface area contributed by atoms with Crippen molar-refractivity contribution in [3.63, 3.8) is 0 Å². The maximum absolute atomic E-state index is 12.3. The largest absolute Gasteiger partial charge is 0.368 e. The molecule has 1 aromatic heterocycles. The first-order chi connectivity index (χ1) is 8.27. The molecule has 1 amide bonds. The number of rotatable bonds is 1. The maximum atomic E-state index is 12.3. The third kappa shape index (κ3) is 1.89. The molecule has 0 N–H and O–H groups in total. The Bertz CT molecular complexity index is 423. The summed E-state index contributed by atoms with van der Waals surface area (Å²) >= 11 is 1.81. The van der Waals surface area contributed by atoms with Crippen LogP contribution in [0.25, 0.3) is 0 Å². The predicted octanol–water partition coefficient (Wildman–Crippen LogP) is 2.37. The molecule has 3 heterocycles. The molecule has 4 heteroatoms. The summed E-state index contributed by atoms with van der Waals surface area (Å²) in [5, 5.41) is 2.13. The zero-order valence-electron chi connectivity index (χ0n) is 10.0. The van der Waals surface area contributed by atoms with Crippen LogP contribution < -0.4 is 0 Å². The second-order valence-electron chi connectivity index (χ2n) is 4.76. The van der Waals surface area contributed by atoms with Crippen LogP contribution in [0.5, 0.6) is 0 Å². The van der Waals surface area contributed by atoms with Crippen LogP contribution in [0.1, 0.15) is 36.2 Å². The molecule has 0 saturated carbocycles. The Balaban J connectivity index is 1.79. The number of nitrogens with zero attached hydrogens (tertiary/aromatic N) is 1.